The number of aryl methyl sites for hydroxylation is 2. The van der Waals surface area contributed by atoms with Gasteiger partial charge < -0.3 is 14.1 Å². The highest BCUT2D eigenvalue weighted by atomic mass is 16.5. The lowest BCUT2D eigenvalue weighted by Crippen LogP contribution is -2.50. The Labute approximate surface area is 147 Å². The van der Waals surface area contributed by atoms with Crippen molar-refractivity contribution < 1.29 is 13.9 Å². The van der Waals surface area contributed by atoms with Crippen LogP contribution in [-0.4, -0.2) is 65.2 Å². The third-order valence-electron chi connectivity index (χ3n) is 4.32. The van der Waals surface area contributed by atoms with Crippen molar-refractivity contribution in [2.24, 2.45) is 0 Å². The fourth-order valence-corrected chi connectivity index (χ4v) is 2.78. The highest BCUT2D eigenvalue weighted by molar-refractivity contribution is 5.77. The van der Waals surface area contributed by atoms with E-state index in [2.05, 4.69) is 15.1 Å². The summed E-state index contributed by atoms with van der Waals surface area (Å²) in [5, 5.41) is 7.84. The zero-order valence-electron chi connectivity index (χ0n) is 14.8. The Morgan fingerprint density at radius 1 is 1.12 bits per heavy atom. The number of ether oxygens (including phenoxy) is 1. The van der Waals surface area contributed by atoms with Gasteiger partial charge in [0.25, 0.3) is 5.91 Å². The molecule has 0 unspecified atom stereocenters. The molecule has 0 spiro atoms. The molecule has 0 saturated carbocycles. The number of carbonyl (C=O) groups excluding carboxylic acids is 1. The third kappa shape index (κ3) is 5.03. The molecular formula is C18H24N4O3. The lowest BCUT2D eigenvalue weighted by Gasteiger charge is -2.34. The molecule has 2 heterocycles. The first-order chi connectivity index (χ1) is 12.1. The van der Waals surface area contributed by atoms with Gasteiger partial charge >= 0.3 is 0 Å². The summed E-state index contributed by atoms with van der Waals surface area (Å²) in [6.45, 7) is 7.91. The number of hydrogen-bond acceptors (Lipinski definition) is 6. The van der Waals surface area contributed by atoms with Gasteiger partial charge in [0.15, 0.2) is 6.61 Å². The molecule has 1 aliphatic heterocycles. The zero-order valence-corrected chi connectivity index (χ0v) is 14.8. The van der Waals surface area contributed by atoms with Gasteiger partial charge in [0.2, 0.25) is 11.8 Å². The van der Waals surface area contributed by atoms with Gasteiger partial charge in [0.05, 0.1) is 0 Å². The van der Waals surface area contributed by atoms with Crippen molar-refractivity contribution in [2.75, 3.05) is 39.3 Å². The first-order valence-corrected chi connectivity index (χ1v) is 8.59. The first kappa shape index (κ1) is 17.4. The molecule has 1 amide bonds. The number of hydrogen-bond donors (Lipinski definition) is 0. The Kier molecular flexibility index (Phi) is 5.65. The smallest absolute Gasteiger partial charge is 0.260 e. The molecule has 3 rings (SSSR count). The van der Waals surface area contributed by atoms with Crippen LogP contribution in [0.25, 0.3) is 0 Å². The van der Waals surface area contributed by atoms with E-state index in [-0.39, 0.29) is 12.5 Å². The maximum absolute atomic E-state index is 12.3. The molecule has 7 nitrogen and oxygen atoms in total. The summed E-state index contributed by atoms with van der Waals surface area (Å²) in [7, 11) is 0. The number of amides is 1. The van der Waals surface area contributed by atoms with E-state index in [1.54, 1.807) is 6.92 Å². The van der Waals surface area contributed by atoms with Crippen molar-refractivity contribution >= 4 is 5.91 Å². The minimum absolute atomic E-state index is 0.0350. The van der Waals surface area contributed by atoms with Gasteiger partial charge in [-0.05, 0) is 19.1 Å². The molecular weight excluding hydrogens is 320 g/mol. The van der Waals surface area contributed by atoms with E-state index in [9.17, 15) is 4.79 Å². The maximum atomic E-state index is 12.3. The molecule has 0 N–H and O–H groups in total. The normalized spacial score (nSPS) is 15.4. The molecule has 2 aromatic rings. The van der Waals surface area contributed by atoms with E-state index in [1.165, 1.54) is 5.56 Å². The van der Waals surface area contributed by atoms with Gasteiger partial charge in [-0.1, -0.05) is 17.7 Å². The van der Waals surface area contributed by atoms with Crippen LogP contribution in [0.3, 0.4) is 0 Å². The molecule has 134 valence electrons. The topological polar surface area (TPSA) is 71.7 Å². The SMILES string of the molecule is Cc1ccc(OCC(=O)N2CCN(CCc3nnc(C)o3)CC2)cc1. The van der Waals surface area contributed by atoms with Crippen LogP contribution in [0.4, 0.5) is 0 Å². The molecule has 0 radical (unpaired) electrons. The second-order valence-electron chi connectivity index (χ2n) is 6.29. The number of rotatable bonds is 6. The van der Waals surface area contributed by atoms with Crippen molar-refractivity contribution in [3.8, 4) is 5.75 Å². The highest BCUT2D eigenvalue weighted by Crippen LogP contribution is 2.12. The summed E-state index contributed by atoms with van der Waals surface area (Å²) in [5.41, 5.74) is 1.17. The van der Waals surface area contributed by atoms with E-state index in [1.807, 2.05) is 36.1 Å². The molecule has 0 atom stereocenters. The lowest BCUT2D eigenvalue weighted by atomic mass is 10.2. The van der Waals surface area contributed by atoms with Crippen molar-refractivity contribution in [1.82, 2.24) is 20.0 Å². The van der Waals surface area contributed by atoms with E-state index >= 15 is 0 Å². The van der Waals surface area contributed by atoms with Crippen molar-refractivity contribution in [3.63, 3.8) is 0 Å². The Morgan fingerprint density at radius 2 is 1.84 bits per heavy atom. The standard InChI is InChI=1S/C18H24N4O3/c1-14-3-5-16(6-4-14)24-13-18(23)22-11-9-21(10-12-22)8-7-17-20-19-15(2)25-17/h3-6H,7-13H2,1-2H3. The zero-order chi connectivity index (χ0) is 17.6. The molecule has 1 fully saturated rings. The number of piperazine rings is 1. The van der Waals surface area contributed by atoms with Gasteiger partial charge in [-0.2, -0.15) is 0 Å². The molecule has 1 saturated heterocycles. The van der Waals surface area contributed by atoms with Gasteiger partial charge in [0, 0.05) is 46.1 Å². The number of carbonyl (C=O) groups is 1. The maximum Gasteiger partial charge on any atom is 0.260 e. The highest BCUT2D eigenvalue weighted by Gasteiger charge is 2.21. The monoisotopic (exact) mass is 344 g/mol. The Hall–Kier alpha value is -2.41. The van der Waals surface area contributed by atoms with Crippen LogP contribution in [0.15, 0.2) is 28.7 Å². The van der Waals surface area contributed by atoms with E-state index < -0.39 is 0 Å². The largest absolute Gasteiger partial charge is 0.484 e. The van der Waals surface area contributed by atoms with Gasteiger partial charge in [-0.15, -0.1) is 10.2 Å². The van der Waals surface area contributed by atoms with Crippen LogP contribution >= 0.6 is 0 Å². The minimum atomic E-state index is 0.0350. The average molecular weight is 344 g/mol. The third-order valence-corrected chi connectivity index (χ3v) is 4.32. The predicted octanol–water partition coefficient (Wildman–Crippen LogP) is 1.45. The van der Waals surface area contributed by atoms with E-state index in [0.29, 0.717) is 11.8 Å². The summed E-state index contributed by atoms with van der Waals surface area (Å²) in [6, 6.07) is 7.73. The molecule has 1 aliphatic rings. The number of nitrogens with zero attached hydrogens (tertiary/aromatic N) is 4. The van der Waals surface area contributed by atoms with Crippen molar-refractivity contribution in [2.45, 2.75) is 20.3 Å². The molecule has 0 aliphatic carbocycles. The fourth-order valence-electron chi connectivity index (χ4n) is 2.78. The Bertz CT molecular complexity index is 691. The van der Waals surface area contributed by atoms with Crippen LogP contribution in [0.1, 0.15) is 17.3 Å². The van der Waals surface area contributed by atoms with Crippen molar-refractivity contribution in [3.05, 3.63) is 41.6 Å². The van der Waals surface area contributed by atoms with E-state index in [0.717, 1.165) is 44.9 Å². The lowest BCUT2D eigenvalue weighted by molar-refractivity contribution is -0.135. The number of benzene rings is 1. The summed E-state index contributed by atoms with van der Waals surface area (Å²) in [4.78, 5) is 16.4. The minimum Gasteiger partial charge on any atom is -0.484 e. The quantitative estimate of drug-likeness (QED) is 0.790. The molecule has 7 heteroatoms. The Morgan fingerprint density at radius 3 is 2.48 bits per heavy atom. The molecule has 0 bridgehead atoms. The molecule has 25 heavy (non-hydrogen) atoms. The molecule has 1 aromatic carbocycles. The van der Waals surface area contributed by atoms with Gasteiger partial charge in [-0.3, -0.25) is 9.69 Å². The van der Waals surface area contributed by atoms with Crippen LogP contribution in [0.5, 0.6) is 5.75 Å². The molecule has 1 aromatic heterocycles. The second kappa shape index (κ2) is 8.11. The summed E-state index contributed by atoms with van der Waals surface area (Å²) in [6.07, 6.45) is 0.741. The number of aromatic nitrogens is 2. The first-order valence-electron chi connectivity index (χ1n) is 8.59. The average Bonchev–Trinajstić information content (AvgIpc) is 3.05. The van der Waals surface area contributed by atoms with Gasteiger partial charge in [0.1, 0.15) is 5.75 Å². The predicted molar refractivity (Wildman–Crippen MR) is 92.4 cm³/mol. The van der Waals surface area contributed by atoms with Crippen LogP contribution in [0, 0.1) is 13.8 Å². The van der Waals surface area contributed by atoms with Crippen LogP contribution in [-0.2, 0) is 11.2 Å². The van der Waals surface area contributed by atoms with Gasteiger partial charge in [-0.25, -0.2) is 0 Å². The second-order valence-corrected chi connectivity index (χ2v) is 6.29. The summed E-state index contributed by atoms with van der Waals surface area (Å²) in [5.74, 6) is 2.03. The van der Waals surface area contributed by atoms with E-state index in [4.69, 9.17) is 9.15 Å². The Balaban J connectivity index is 1.37. The fraction of sp³-hybridized carbons (Fsp3) is 0.500. The van der Waals surface area contributed by atoms with Crippen LogP contribution in [0.2, 0.25) is 0 Å². The van der Waals surface area contributed by atoms with Crippen molar-refractivity contribution in [1.29, 1.82) is 0 Å². The van der Waals surface area contributed by atoms with Crippen LogP contribution < -0.4 is 4.74 Å². The summed E-state index contributed by atoms with van der Waals surface area (Å²) < 4.78 is 11.0. The summed E-state index contributed by atoms with van der Waals surface area (Å²) >= 11 is 0.